The smallest absolute Gasteiger partial charge is 0.328 e. The van der Waals surface area contributed by atoms with Crippen LogP contribution >= 0.6 is 11.3 Å². The second kappa shape index (κ2) is 7.19. The zero-order chi connectivity index (χ0) is 15.9. The Hall–Kier alpha value is -2.93. The van der Waals surface area contributed by atoms with Crippen LogP contribution in [-0.2, 0) is 9.59 Å². The molecule has 1 heterocycles. The number of hydrogen-bond donors (Lipinski definition) is 3. The van der Waals surface area contributed by atoms with Crippen LogP contribution in [0.25, 0.3) is 0 Å². The van der Waals surface area contributed by atoms with Gasteiger partial charge in [-0.2, -0.15) is 0 Å². The Morgan fingerprint density at radius 2 is 1.73 bits per heavy atom. The fourth-order valence-corrected chi connectivity index (χ4v) is 2.23. The third-order valence-electron chi connectivity index (χ3n) is 2.51. The molecule has 0 aliphatic carbocycles. The average molecular weight is 316 g/mol. The molecular weight excluding hydrogens is 304 g/mol. The highest BCUT2D eigenvalue weighted by Gasteiger charge is 2.07. The summed E-state index contributed by atoms with van der Waals surface area (Å²) >= 11 is 1.33. The predicted octanol–water partition coefficient (Wildman–Crippen LogP) is 2.58. The lowest BCUT2D eigenvalue weighted by molar-refractivity contribution is -0.131. The predicted molar refractivity (Wildman–Crippen MR) is 84.1 cm³/mol. The Morgan fingerprint density at radius 1 is 1.00 bits per heavy atom. The van der Waals surface area contributed by atoms with Crippen LogP contribution in [0.15, 0.2) is 53.9 Å². The fraction of sp³-hybridized carbons (Fsp3) is 0. The normalized spacial score (nSPS) is 10.4. The topological polar surface area (TPSA) is 95.5 Å². The lowest BCUT2D eigenvalue weighted by Gasteiger charge is -2.07. The van der Waals surface area contributed by atoms with Crippen molar-refractivity contribution in [3.05, 3.63) is 58.8 Å². The molecule has 0 bridgehead atoms. The molecule has 0 saturated heterocycles. The number of carboxylic acids is 1. The van der Waals surface area contributed by atoms with Gasteiger partial charge in [-0.1, -0.05) is 12.1 Å². The number of rotatable bonds is 5. The Labute approximate surface area is 130 Å². The van der Waals surface area contributed by atoms with Gasteiger partial charge in [0.05, 0.1) is 4.88 Å². The summed E-state index contributed by atoms with van der Waals surface area (Å²) in [5, 5.41) is 15.5. The van der Waals surface area contributed by atoms with Crippen molar-refractivity contribution in [1.29, 1.82) is 0 Å². The van der Waals surface area contributed by atoms with Crippen LogP contribution < -0.4 is 10.6 Å². The van der Waals surface area contributed by atoms with E-state index in [4.69, 9.17) is 5.11 Å². The number of amides is 2. The van der Waals surface area contributed by atoms with Gasteiger partial charge in [0, 0.05) is 23.5 Å². The molecule has 112 valence electrons. The molecule has 7 heteroatoms. The molecule has 1 aromatic heterocycles. The van der Waals surface area contributed by atoms with Gasteiger partial charge in [0.1, 0.15) is 0 Å². The maximum absolute atomic E-state index is 11.9. The molecule has 0 unspecified atom stereocenters. The minimum absolute atomic E-state index is 0.232. The number of thiophene rings is 1. The van der Waals surface area contributed by atoms with Crippen molar-refractivity contribution in [3.8, 4) is 0 Å². The van der Waals surface area contributed by atoms with E-state index in [-0.39, 0.29) is 5.91 Å². The van der Waals surface area contributed by atoms with Crippen molar-refractivity contribution in [3.63, 3.8) is 0 Å². The largest absolute Gasteiger partial charge is 0.478 e. The van der Waals surface area contributed by atoms with Crippen LogP contribution in [-0.4, -0.2) is 22.9 Å². The number of carboxylic acid groups (broad SMARTS) is 1. The summed E-state index contributed by atoms with van der Waals surface area (Å²) in [5.74, 6) is -2.00. The molecule has 2 aromatic rings. The highest BCUT2D eigenvalue weighted by atomic mass is 32.1. The molecule has 3 N–H and O–H groups in total. The van der Waals surface area contributed by atoms with Crippen LogP contribution in [0.4, 0.5) is 11.4 Å². The van der Waals surface area contributed by atoms with E-state index in [9.17, 15) is 14.4 Å². The summed E-state index contributed by atoms with van der Waals surface area (Å²) in [6.45, 7) is 0. The van der Waals surface area contributed by atoms with E-state index in [0.29, 0.717) is 16.3 Å². The SMILES string of the molecule is O=C(O)C=CC(=O)Nc1cccc(NC(=O)c2cccs2)c1. The Bertz CT molecular complexity index is 723. The van der Waals surface area contributed by atoms with Gasteiger partial charge in [-0.05, 0) is 29.6 Å². The molecule has 0 fully saturated rings. The molecule has 22 heavy (non-hydrogen) atoms. The molecule has 0 saturated carbocycles. The number of nitrogens with one attached hydrogen (secondary N) is 2. The van der Waals surface area contributed by atoms with E-state index in [1.54, 1.807) is 41.8 Å². The standard InChI is InChI=1S/C15H12N2O4S/c18-13(6-7-14(19)20)16-10-3-1-4-11(9-10)17-15(21)12-5-2-8-22-12/h1-9H,(H,16,18)(H,17,21)(H,19,20). The van der Waals surface area contributed by atoms with Gasteiger partial charge in [0.2, 0.25) is 5.91 Å². The van der Waals surface area contributed by atoms with E-state index in [0.717, 1.165) is 12.2 Å². The van der Waals surface area contributed by atoms with Gasteiger partial charge >= 0.3 is 5.97 Å². The van der Waals surface area contributed by atoms with E-state index in [2.05, 4.69) is 10.6 Å². The third-order valence-corrected chi connectivity index (χ3v) is 3.38. The molecule has 0 radical (unpaired) electrons. The van der Waals surface area contributed by atoms with Crippen molar-refractivity contribution in [2.75, 3.05) is 10.6 Å². The number of carbonyl (C=O) groups excluding carboxylic acids is 2. The van der Waals surface area contributed by atoms with Crippen molar-refractivity contribution in [1.82, 2.24) is 0 Å². The first-order valence-corrected chi connectivity index (χ1v) is 7.09. The number of anilines is 2. The van der Waals surface area contributed by atoms with E-state index >= 15 is 0 Å². The highest BCUT2D eigenvalue weighted by Crippen LogP contribution is 2.17. The van der Waals surface area contributed by atoms with Crippen molar-refractivity contribution in [2.24, 2.45) is 0 Å². The summed E-state index contributed by atoms with van der Waals surface area (Å²) in [6, 6.07) is 10.1. The third kappa shape index (κ3) is 4.57. The van der Waals surface area contributed by atoms with Crippen molar-refractivity contribution >= 4 is 40.5 Å². The van der Waals surface area contributed by atoms with E-state index < -0.39 is 11.9 Å². The first kappa shape index (κ1) is 15.5. The summed E-state index contributed by atoms with van der Waals surface area (Å²) in [7, 11) is 0. The van der Waals surface area contributed by atoms with Gasteiger partial charge in [0.15, 0.2) is 0 Å². The molecule has 1 aromatic carbocycles. The summed E-state index contributed by atoms with van der Waals surface area (Å²) < 4.78 is 0. The van der Waals surface area contributed by atoms with Crippen LogP contribution in [0.5, 0.6) is 0 Å². The molecule has 6 nitrogen and oxygen atoms in total. The van der Waals surface area contributed by atoms with Crippen LogP contribution in [0.3, 0.4) is 0 Å². The minimum Gasteiger partial charge on any atom is -0.478 e. The molecule has 0 aliphatic rings. The van der Waals surface area contributed by atoms with Gasteiger partial charge < -0.3 is 15.7 Å². The van der Waals surface area contributed by atoms with Crippen molar-refractivity contribution in [2.45, 2.75) is 0 Å². The summed E-state index contributed by atoms with van der Waals surface area (Å²) in [6.07, 6.45) is 1.66. The van der Waals surface area contributed by atoms with Crippen LogP contribution in [0.2, 0.25) is 0 Å². The first-order valence-electron chi connectivity index (χ1n) is 6.21. The first-order chi connectivity index (χ1) is 10.5. The second-order valence-corrected chi connectivity index (χ2v) is 5.12. The van der Waals surface area contributed by atoms with Crippen LogP contribution in [0.1, 0.15) is 9.67 Å². The van der Waals surface area contributed by atoms with E-state index in [1.165, 1.54) is 11.3 Å². The van der Waals surface area contributed by atoms with E-state index in [1.807, 2.05) is 0 Å². The number of aliphatic carboxylic acids is 1. The monoisotopic (exact) mass is 316 g/mol. The number of benzene rings is 1. The Balaban J connectivity index is 2.02. The van der Waals surface area contributed by atoms with Gasteiger partial charge in [-0.3, -0.25) is 9.59 Å². The molecular formula is C15H12N2O4S. The lowest BCUT2D eigenvalue weighted by atomic mass is 10.2. The Kier molecular flexibility index (Phi) is 5.05. The maximum atomic E-state index is 11.9. The Morgan fingerprint density at radius 3 is 2.36 bits per heavy atom. The quantitative estimate of drug-likeness (QED) is 0.739. The number of hydrogen-bond acceptors (Lipinski definition) is 4. The van der Waals surface area contributed by atoms with Crippen LogP contribution in [0, 0.1) is 0 Å². The second-order valence-electron chi connectivity index (χ2n) is 4.17. The fourth-order valence-electron chi connectivity index (χ4n) is 1.61. The maximum Gasteiger partial charge on any atom is 0.328 e. The zero-order valence-electron chi connectivity index (χ0n) is 11.3. The average Bonchev–Trinajstić information content (AvgIpc) is 3.00. The molecule has 0 spiro atoms. The summed E-state index contributed by atoms with van der Waals surface area (Å²) in [5.41, 5.74) is 0.974. The minimum atomic E-state index is -1.20. The molecule has 2 rings (SSSR count). The van der Waals surface area contributed by atoms with Crippen molar-refractivity contribution < 1.29 is 19.5 Å². The molecule has 0 atom stereocenters. The lowest BCUT2D eigenvalue weighted by Crippen LogP contribution is -2.11. The van der Waals surface area contributed by atoms with Gasteiger partial charge in [-0.15, -0.1) is 11.3 Å². The zero-order valence-corrected chi connectivity index (χ0v) is 12.1. The van der Waals surface area contributed by atoms with Gasteiger partial charge in [0.25, 0.3) is 5.91 Å². The number of carbonyl (C=O) groups is 3. The van der Waals surface area contributed by atoms with Gasteiger partial charge in [-0.25, -0.2) is 4.79 Å². The molecule has 2 amide bonds. The molecule has 0 aliphatic heterocycles. The summed E-state index contributed by atoms with van der Waals surface area (Å²) in [4.78, 5) is 34.3. The highest BCUT2D eigenvalue weighted by molar-refractivity contribution is 7.12.